The minimum absolute atomic E-state index is 0.180. The smallest absolute Gasteiger partial charge is 0.339 e. The Morgan fingerprint density at radius 3 is 2.50 bits per heavy atom. The van der Waals surface area contributed by atoms with Crippen molar-refractivity contribution in [1.82, 2.24) is 9.78 Å². The SMILES string of the molecule is CCc1nn(-c2cc(Cl)ccc2Cl)c(-c2ccccc2)c1C(=O)O. The summed E-state index contributed by atoms with van der Waals surface area (Å²) < 4.78 is 1.56. The van der Waals surface area contributed by atoms with E-state index in [2.05, 4.69) is 5.10 Å². The van der Waals surface area contributed by atoms with E-state index in [0.29, 0.717) is 33.5 Å². The fourth-order valence-electron chi connectivity index (χ4n) is 2.62. The number of hydrogen-bond acceptors (Lipinski definition) is 2. The van der Waals surface area contributed by atoms with Gasteiger partial charge in [0.25, 0.3) is 0 Å². The number of rotatable bonds is 4. The molecule has 0 atom stereocenters. The van der Waals surface area contributed by atoms with Crippen LogP contribution in [0.4, 0.5) is 0 Å². The summed E-state index contributed by atoms with van der Waals surface area (Å²) in [4.78, 5) is 11.9. The van der Waals surface area contributed by atoms with Crippen molar-refractivity contribution < 1.29 is 9.90 Å². The highest BCUT2D eigenvalue weighted by Crippen LogP contribution is 2.33. The monoisotopic (exact) mass is 360 g/mol. The van der Waals surface area contributed by atoms with Crippen LogP contribution in [-0.4, -0.2) is 20.9 Å². The fourth-order valence-corrected chi connectivity index (χ4v) is 2.98. The highest BCUT2D eigenvalue weighted by Gasteiger charge is 2.25. The molecule has 3 aromatic rings. The zero-order chi connectivity index (χ0) is 17.3. The van der Waals surface area contributed by atoms with Crippen LogP contribution in [0.25, 0.3) is 16.9 Å². The van der Waals surface area contributed by atoms with Crippen LogP contribution in [0, 0.1) is 0 Å². The zero-order valence-corrected chi connectivity index (χ0v) is 14.3. The number of carboxylic acids is 1. The minimum Gasteiger partial charge on any atom is -0.478 e. The molecule has 0 aliphatic carbocycles. The van der Waals surface area contributed by atoms with Gasteiger partial charge in [0.1, 0.15) is 5.56 Å². The van der Waals surface area contributed by atoms with E-state index in [1.807, 2.05) is 37.3 Å². The largest absolute Gasteiger partial charge is 0.478 e. The van der Waals surface area contributed by atoms with Crippen LogP contribution < -0.4 is 0 Å². The summed E-state index contributed by atoms with van der Waals surface area (Å²) in [5.41, 5.74) is 2.46. The van der Waals surface area contributed by atoms with Crippen molar-refractivity contribution in [2.75, 3.05) is 0 Å². The predicted molar refractivity (Wildman–Crippen MR) is 95.4 cm³/mol. The number of aromatic carboxylic acids is 1. The molecule has 0 aliphatic heterocycles. The van der Waals surface area contributed by atoms with Gasteiger partial charge in [-0.25, -0.2) is 9.48 Å². The van der Waals surface area contributed by atoms with E-state index in [1.165, 1.54) is 0 Å². The van der Waals surface area contributed by atoms with Crippen molar-refractivity contribution >= 4 is 29.2 Å². The Bertz CT molecular complexity index is 905. The van der Waals surface area contributed by atoms with Crippen LogP contribution in [0.2, 0.25) is 10.0 Å². The highest BCUT2D eigenvalue weighted by atomic mass is 35.5. The van der Waals surface area contributed by atoms with E-state index in [4.69, 9.17) is 23.2 Å². The summed E-state index contributed by atoms with van der Waals surface area (Å²) in [6.07, 6.45) is 0.493. The third-order valence-corrected chi connectivity index (χ3v) is 4.24. The maximum atomic E-state index is 11.9. The maximum Gasteiger partial charge on any atom is 0.339 e. The molecule has 0 saturated heterocycles. The number of hydrogen-bond donors (Lipinski definition) is 1. The normalized spacial score (nSPS) is 10.8. The molecule has 4 nitrogen and oxygen atoms in total. The van der Waals surface area contributed by atoms with Crippen LogP contribution in [-0.2, 0) is 6.42 Å². The highest BCUT2D eigenvalue weighted by molar-refractivity contribution is 6.34. The predicted octanol–water partition coefficient (Wildman–Crippen LogP) is 5.11. The lowest BCUT2D eigenvalue weighted by Gasteiger charge is -2.11. The Morgan fingerprint density at radius 1 is 1.17 bits per heavy atom. The number of aromatic nitrogens is 2. The number of benzene rings is 2. The van der Waals surface area contributed by atoms with Gasteiger partial charge in [-0.15, -0.1) is 0 Å². The average Bonchev–Trinajstić information content (AvgIpc) is 2.97. The standard InChI is InChI=1S/C18H14Cl2N2O2/c1-2-14-16(18(23)24)17(11-6-4-3-5-7-11)22(21-14)15-10-12(19)8-9-13(15)20/h3-10H,2H2,1H3,(H,23,24). The van der Waals surface area contributed by atoms with Crippen molar-refractivity contribution in [3.05, 3.63) is 69.8 Å². The average molecular weight is 361 g/mol. The molecule has 24 heavy (non-hydrogen) atoms. The van der Waals surface area contributed by atoms with E-state index in [0.717, 1.165) is 5.56 Å². The van der Waals surface area contributed by atoms with Gasteiger partial charge in [0.15, 0.2) is 0 Å². The molecule has 6 heteroatoms. The topological polar surface area (TPSA) is 55.1 Å². The number of carbonyl (C=O) groups is 1. The lowest BCUT2D eigenvalue weighted by atomic mass is 10.0. The molecule has 0 fully saturated rings. The quantitative estimate of drug-likeness (QED) is 0.703. The molecule has 0 unspecified atom stereocenters. The van der Waals surface area contributed by atoms with E-state index in [1.54, 1.807) is 22.9 Å². The Balaban J connectivity index is 2.38. The van der Waals surface area contributed by atoms with Gasteiger partial charge in [-0.1, -0.05) is 60.5 Å². The first kappa shape index (κ1) is 16.6. The van der Waals surface area contributed by atoms with Gasteiger partial charge in [0.05, 0.1) is 22.1 Å². The number of nitrogens with zero attached hydrogens (tertiary/aromatic N) is 2. The van der Waals surface area contributed by atoms with Gasteiger partial charge in [-0.2, -0.15) is 5.10 Å². The van der Waals surface area contributed by atoms with Crippen molar-refractivity contribution in [3.63, 3.8) is 0 Å². The molecule has 0 radical (unpaired) electrons. The molecule has 0 bridgehead atoms. The van der Waals surface area contributed by atoms with Crippen molar-refractivity contribution in [1.29, 1.82) is 0 Å². The molecule has 1 aromatic heterocycles. The Labute approximate surface area is 149 Å². The summed E-state index contributed by atoms with van der Waals surface area (Å²) in [5, 5.41) is 15.1. The first-order valence-electron chi connectivity index (χ1n) is 7.39. The molecule has 1 N–H and O–H groups in total. The third-order valence-electron chi connectivity index (χ3n) is 3.69. The second kappa shape index (κ2) is 6.67. The molecule has 1 heterocycles. The summed E-state index contributed by atoms with van der Waals surface area (Å²) in [6, 6.07) is 14.3. The Hall–Kier alpha value is -2.30. The van der Waals surface area contributed by atoms with Gasteiger partial charge in [-0.05, 0) is 24.6 Å². The summed E-state index contributed by atoms with van der Waals surface area (Å²) in [5.74, 6) is -1.02. The molecular formula is C18H14Cl2N2O2. The number of aryl methyl sites for hydroxylation is 1. The van der Waals surface area contributed by atoms with Crippen LogP contribution in [0.3, 0.4) is 0 Å². The molecule has 2 aromatic carbocycles. The van der Waals surface area contributed by atoms with Gasteiger partial charge < -0.3 is 5.11 Å². The van der Waals surface area contributed by atoms with Crippen molar-refractivity contribution in [3.8, 4) is 16.9 Å². The molecule has 122 valence electrons. The van der Waals surface area contributed by atoms with Crippen LogP contribution in [0.5, 0.6) is 0 Å². The van der Waals surface area contributed by atoms with Gasteiger partial charge in [0.2, 0.25) is 0 Å². The van der Waals surface area contributed by atoms with Crippen LogP contribution in [0.15, 0.2) is 48.5 Å². The molecule has 3 rings (SSSR count). The number of halogens is 2. The summed E-state index contributed by atoms with van der Waals surface area (Å²) in [6.45, 7) is 1.87. The van der Waals surface area contributed by atoms with Crippen LogP contribution >= 0.6 is 23.2 Å². The minimum atomic E-state index is -1.02. The van der Waals surface area contributed by atoms with E-state index in [-0.39, 0.29) is 5.56 Å². The van der Waals surface area contributed by atoms with E-state index in [9.17, 15) is 9.90 Å². The third kappa shape index (κ3) is 2.90. The maximum absolute atomic E-state index is 11.9. The molecule has 0 spiro atoms. The Kier molecular flexibility index (Phi) is 4.60. The summed E-state index contributed by atoms with van der Waals surface area (Å²) >= 11 is 12.4. The molecular weight excluding hydrogens is 347 g/mol. The first-order valence-corrected chi connectivity index (χ1v) is 8.14. The second-order valence-corrected chi connectivity index (χ2v) is 6.05. The lowest BCUT2D eigenvalue weighted by Crippen LogP contribution is -2.04. The molecule has 0 saturated carbocycles. The summed E-state index contributed by atoms with van der Waals surface area (Å²) in [7, 11) is 0. The lowest BCUT2D eigenvalue weighted by molar-refractivity contribution is 0.0696. The number of carboxylic acid groups (broad SMARTS) is 1. The van der Waals surface area contributed by atoms with E-state index < -0.39 is 5.97 Å². The van der Waals surface area contributed by atoms with Gasteiger partial charge in [-0.3, -0.25) is 0 Å². The zero-order valence-electron chi connectivity index (χ0n) is 12.8. The van der Waals surface area contributed by atoms with Crippen LogP contribution in [0.1, 0.15) is 23.0 Å². The van der Waals surface area contributed by atoms with Crippen molar-refractivity contribution in [2.45, 2.75) is 13.3 Å². The van der Waals surface area contributed by atoms with Crippen molar-refractivity contribution in [2.24, 2.45) is 0 Å². The molecule has 0 aliphatic rings. The molecule has 0 amide bonds. The van der Waals surface area contributed by atoms with Gasteiger partial charge >= 0.3 is 5.97 Å². The first-order chi connectivity index (χ1) is 11.5. The van der Waals surface area contributed by atoms with Gasteiger partial charge in [0, 0.05) is 10.6 Å². The fraction of sp³-hybridized carbons (Fsp3) is 0.111. The Morgan fingerprint density at radius 2 is 1.88 bits per heavy atom. The second-order valence-electron chi connectivity index (χ2n) is 5.20. The van der Waals surface area contributed by atoms with E-state index >= 15 is 0 Å².